The van der Waals surface area contributed by atoms with Crippen molar-refractivity contribution in [1.82, 2.24) is 0 Å². The zero-order valence-electron chi connectivity index (χ0n) is 8.56. The molecule has 1 N–H and O–H groups in total. The van der Waals surface area contributed by atoms with Crippen molar-refractivity contribution in [3.8, 4) is 0 Å². The van der Waals surface area contributed by atoms with Crippen molar-refractivity contribution >= 4 is 29.0 Å². The SMILES string of the molecule is CC(=O)c1c(Cl)cccc1NC(=O)C(F)(F)F. The molecule has 92 valence electrons. The summed E-state index contributed by atoms with van der Waals surface area (Å²) in [7, 11) is 0. The molecule has 0 saturated heterocycles. The minimum absolute atomic E-state index is 0.0162. The van der Waals surface area contributed by atoms with Crippen molar-refractivity contribution in [2.75, 3.05) is 5.32 Å². The second-order valence-electron chi connectivity index (χ2n) is 3.17. The van der Waals surface area contributed by atoms with Crippen LogP contribution in [0, 0.1) is 0 Å². The Morgan fingerprint density at radius 1 is 1.29 bits per heavy atom. The fraction of sp³-hybridized carbons (Fsp3) is 0.200. The van der Waals surface area contributed by atoms with Gasteiger partial charge < -0.3 is 5.32 Å². The Kier molecular flexibility index (Phi) is 3.77. The fourth-order valence-electron chi connectivity index (χ4n) is 1.18. The predicted molar refractivity (Wildman–Crippen MR) is 56.1 cm³/mol. The summed E-state index contributed by atoms with van der Waals surface area (Å²) in [6, 6.07) is 3.86. The third-order valence-corrected chi connectivity index (χ3v) is 2.19. The second kappa shape index (κ2) is 4.75. The molecule has 1 aromatic carbocycles. The summed E-state index contributed by atoms with van der Waals surface area (Å²) < 4.78 is 36.1. The highest BCUT2D eigenvalue weighted by Crippen LogP contribution is 2.26. The van der Waals surface area contributed by atoms with E-state index in [9.17, 15) is 22.8 Å². The highest BCUT2D eigenvalue weighted by atomic mass is 35.5. The van der Waals surface area contributed by atoms with Crippen LogP contribution in [-0.2, 0) is 4.79 Å². The molecular formula is C10H7ClF3NO2. The number of rotatable bonds is 2. The summed E-state index contributed by atoms with van der Waals surface area (Å²) in [5, 5.41) is 1.59. The molecule has 7 heteroatoms. The number of benzene rings is 1. The molecule has 0 aliphatic carbocycles. The Hall–Kier alpha value is -1.56. The standard InChI is InChI=1S/C10H7ClF3NO2/c1-5(16)8-6(11)3-2-4-7(8)15-9(17)10(12,13)14/h2-4H,1H3,(H,15,17). The highest BCUT2D eigenvalue weighted by molar-refractivity contribution is 6.34. The van der Waals surface area contributed by atoms with E-state index in [1.807, 2.05) is 0 Å². The number of carbonyl (C=O) groups excluding carboxylic acids is 2. The normalized spacial score (nSPS) is 11.1. The molecule has 0 unspecified atom stereocenters. The average molecular weight is 266 g/mol. The minimum Gasteiger partial charge on any atom is -0.318 e. The van der Waals surface area contributed by atoms with Crippen LogP contribution < -0.4 is 5.32 Å². The van der Waals surface area contributed by atoms with E-state index < -0.39 is 17.9 Å². The summed E-state index contributed by atoms with van der Waals surface area (Å²) in [6.07, 6.45) is -5.02. The number of amides is 1. The van der Waals surface area contributed by atoms with Crippen molar-refractivity contribution in [3.05, 3.63) is 28.8 Å². The number of nitrogens with one attached hydrogen (secondary N) is 1. The van der Waals surface area contributed by atoms with Crippen LogP contribution in [0.2, 0.25) is 5.02 Å². The van der Waals surface area contributed by atoms with Gasteiger partial charge in [0.2, 0.25) is 0 Å². The molecule has 0 saturated carbocycles. The molecule has 0 fully saturated rings. The van der Waals surface area contributed by atoms with E-state index in [-0.39, 0.29) is 16.3 Å². The number of anilines is 1. The quantitative estimate of drug-likeness (QED) is 0.836. The van der Waals surface area contributed by atoms with Crippen molar-refractivity contribution < 1.29 is 22.8 Å². The fourth-order valence-corrected chi connectivity index (χ4v) is 1.49. The van der Waals surface area contributed by atoms with Gasteiger partial charge in [-0.05, 0) is 19.1 Å². The molecule has 0 atom stereocenters. The van der Waals surface area contributed by atoms with Crippen LogP contribution in [0.5, 0.6) is 0 Å². The van der Waals surface area contributed by atoms with Crippen molar-refractivity contribution in [1.29, 1.82) is 0 Å². The number of Topliss-reactive ketones (excluding diaryl/α,β-unsaturated/α-hetero) is 1. The monoisotopic (exact) mass is 265 g/mol. The molecule has 0 aliphatic rings. The first-order valence-electron chi connectivity index (χ1n) is 4.41. The lowest BCUT2D eigenvalue weighted by atomic mass is 10.1. The second-order valence-corrected chi connectivity index (χ2v) is 3.58. The summed E-state index contributed by atoms with van der Waals surface area (Å²) in [5.41, 5.74) is -0.404. The van der Waals surface area contributed by atoms with Gasteiger partial charge in [0.25, 0.3) is 0 Å². The molecule has 0 aromatic heterocycles. The van der Waals surface area contributed by atoms with Crippen LogP contribution in [0.3, 0.4) is 0 Å². The van der Waals surface area contributed by atoms with Crippen LogP contribution in [0.25, 0.3) is 0 Å². The number of ketones is 1. The summed E-state index contributed by atoms with van der Waals surface area (Å²) in [6.45, 7) is 1.14. The Morgan fingerprint density at radius 3 is 2.35 bits per heavy atom. The van der Waals surface area contributed by atoms with Crippen molar-refractivity contribution in [3.63, 3.8) is 0 Å². The first kappa shape index (κ1) is 13.5. The molecule has 17 heavy (non-hydrogen) atoms. The molecule has 0 radical (unpaired) electrons. The Morgan fingerprint density at radius 2 is 1.88 bits per heavy atom. The summed E-state index contributed by atoms with van der Waals surface area (Å²) in [4.78, 5) is 21.9. The highest BCUT2D eigenvalue weighted by Gasteiger charge is 2.39. The Balaban J connectivity index is 3.12. The Labute approximate surface area is 99.6 Å². The molecule has 0 heterocycles. The molecule has 1 rings (SSSR count). The maximum atomic E-state index is 12.0. The van der Waals surface area contributed by atoms with Crippen LogP contribution in [0.4, 0.5) is 18.9 Å². The molecule has 3 nitrogen and oxygen atoms in total. The average Bonchev–Trinajstić information content (AvgIpc) is 2.15. The zero-order chi connectivity index (χ0) is 13.2. The van der Waals surface area contributed by atoms with E-state index in [0.29, 0.717) is 0 Å². The van der Waals surface area contributed by atoms with Gasteiger partial charge in [0.1, 0.15) is 0 Å². The first-order chi connectivity index (χ1) is 7.73. The van der Waals surface area contributed by atoms with Gasteiger partial charge in [-0.25, -0.2) is 0 Å². The number of carbonyl (C=O) groups is 2. The smallest absolute Gasteiger partial charge is 0.318 e. The largest absolute Gasteiger partial charge is 0.471 e. The third kappa shape index (κ3) is 3.20. The first-order valence-corrected chi connectivity index (χ1v) is 4.79. The van der Waals surface area contributed by atoms with Gasteiger partial charge in [0.05, 0.1) is 16.3 Å². The lowest BCUT2D eigenvalue weighted by Crippen LogP contribution is -2.30. The number of halogens is 4. The Bertz CT molecular complexity index is 471. The van der Waals surface area contributed by atoms with Gasteiger partial charge in [-0.2, -0.15) is 13.2 Å². The maximum absolute atomic E-state index is 12.0. The topological polar surface area (TPSA) is 46.2 Å². The van der Waals surface area contributed by atoms with Gasteiger partial charge in [-0.15, -0.1) is 0 Å². The number of hydrogen-bond acceptors (Lipinski definition) is 2. The number of hydrogen-bond donors (Lipinski definition) is 1. The van der Waals surface area contributed by atoms with Gasteiger partial charge in [-0.1, -0.05) is 17.7 Å². The van der Waals surface area contributed by atoms with Crippen LogP contribution in [0.15, 0.2) is 18.2 Å². The zero-order valence-corrected chi connectivity index (χ0v) is 9.32. The maximum Gasteiger partial charge on any atom is 0.471 e. The minimum atomic E-state index is -5.02. The molecule has 0 spiro atoms. The summed E-state index contributed by atoms with van der Waals surface area (Å²) in [5.74, 6) is -2.68. The predicted octanol–water partition coefficient (Wildman–Crippen LogP) is 3.04. The third-order valence-electron chi connectivity index (χ3n) is 1.87. The van der Waals surface area contributed by atoms with Crippen molar-refractivity contribution in [2.24, 2.45) is 0 Å². The van der Waals surface area contributed by atoms with Gasteiger partial charge >= 0.3 is 12.1 Å². The molecule has 0 bridgehead atoms. The van der Waals surface area contributed by atoms with E-state index >= 15 is 0 Å². The number of alkyl halides is 3. The van der Waals surface area contributed by atoms with Crippen LogP contribution in [-0.4, -0.2) is 17.9 Å². The van der Waals surface area contributed by atoms with Gasteiger partial charge in [0, 0.05) is 0 Å². The molecule has 1 aromatic rings. The van der Waals surface area contributed by atoms with E-state index in [1.165, 1.54) is 18.2 Å². The van der Waals surface area contributed by atoms with Gasteiger partial charge in [-0.3, -0.25) is 9.59 Å². The van der Waals surface area contributed by atoms with Gasteiger partial charge in [0.15, 0.2) is 5.78 Å². The molecule has 0 aliphatic heterocycles. The van der Waals surface area contributed by atoms with Crippen LogP contribution in [0.1, 0.15) is 17.3 Å². The van der Waals surface area contributed by atoms with Crippen molar-refractivity contribution in [2.45, 2.75) is 13.1 Å². The van der Waals surface area contributed by atoms with E-state index in [0.717, 1.165) is 6.92 Å². The lowest BCUT2D eigenvalue weighted by molar-refractivity contribution is -0.167. The van der Waals surface area contributed by atoms with E-state index in [2.05, 4.69) is 0 Å². The van der Waals surface area contributed by atoms with E-state index in [1.54, 1.807) is 5.32 Å². The van der Waals surface area contributed by atoms with E-state index in [4.69, 9.17) is 11.6 Å². The lowest BCUT2D eigenvalue weighted by Gasteiger charge is -2.11. The summed E-state index contributed by atoms with van der Waals surface area (Å²) >= 11 is 5.67. The molecular weight excluding hydrogens is 259 g/mol. The molecule has 1 amide bonds. The van der Waals surface area contributed by atoms with Crippen LogP contribution >= 0.6 is 11.6 Å².